The summed E-state index contributed by atoms with van der Waals surface area (Å²) >= 11 is 0. The molecule has 0 aromatic heterocycles. The highest BCUT2D eigenvalue weighted by molar-refractivity contribution is 5.92. The van der Waals surface area contributed by atoms with Gasteiger partial charge >= 0.3 is 6.18 Å². The molecule has 1 heterocycles. The maximum absolute atomic E-state index is 12.8. The van der Waals surface area contributed by atoms with Crippen molar-refractivity contribution in [3.8, 4) is 0 Å². The zero-order valence-corrected chi connectivity index (χ0v) is 13.0. The molecule has 3 N–H and O–H groups in total. The first-order valence-corrected chi connectivity index (χ1v) is 7.29. The Labute approximate surface area is 132 Å². The molecule has 1 saturated heterocycles. The van der Waals surface area contributed by atoms with Crippen molar-refractivity contribution in [3.63, 3.8) is 0 Å². The highest BCUT2D eigenvalue weighted by atomic mass is 19.4. The fourth-order valence-electron chi connectivity index (χ4n) is 2.70. The molecule has 2 unspecified atom stereocenters. The standard InChI is InChI=1S/C15H20F3N3O2/c1-9-6-21(7-10(2)23-9)8-14(22)20-11-3-4-13(19)12(5-11)15(16,17)18/h3-5,9-10H,6-8,19H2,1-2H3,(H,20,22). The number of nitrogens with one attached hydrogen (secondary N) is 1. The van der Waals surface area contributed by atoms with Crippen LogP contribution in [0.2, 0.25) is 0 Å². The summed E-state index contributed by atoms with van der Waals surface area (Å²) in [5.74, 6) is -0.371. The molecule has 2 atom stereocenters. The Morgan fingerprint density at radius 3 is 2.52 bits per heavy atom. The number of hydrogen-bond acceptors (Lipinski definition) is 4. The Hall–Kier alpha value is -1.80. The molecular formula is C15H20F3N3O2. The Balaban J connectivity index is 2.00. The molecule has 2 rings (SSSR count). The van der Waals surface area contributed by atoms with Gasteiger partial charge in [-0.2, -0.15) is 13.2 Å². The van der Waals surface area contributed by atoms with E-state index in [1.54, 1.807) is 0 Å². The topological polar surface area (TPSA) is 67.6 Å². The van der Waals surface area contributed by atoms with Gasteiger partial charge in [0, 0.05) is 24.5 Å². The molecule has 1 fully saturated rings. The first kappa shape index (κ1) is 17.6. The van der Waals surface area contributed by atoms with E-state index in [1.807, 2.05) is 18.7 Å². The summed E-state index contributed by atoms with van der Waals surface area (Å²) in [6.07, 6.45) is -4.53. The number of ether oxygens (including phenoxy) is 1. The van der Waals surface area contributed by atoms with Crippen LogP contribution in [-0.4, -0.2) is 42.6 Å². The van der Waals surface area contributed by atoms with Crippen molar-refractivity contribution in [1.82, 2.24) is 4.90 Å². The molecule has 1 aliphatic rings. The number of nitrogen functional groups attached to an aromatic ring is 1. The van der Waals surface area contributed by atoms with Crippen LogP contribution < -0.4 is 11.1 Å². The zero-order chi connectivity index (χ0) is 17.2. The predicted molar refractivity (Wildman–Crippen MR) is 80.9 cm³/mol. The lowest BCUT2D eigenvalue weighted by molar-refractivity contribution is -0.137. The van der Waals surface area contributed by atoms with Crippen LogP contribution in [0.1, 0.15) is 19.4 Å². The molecule has 0 spiro atoms. The van der Waals surface area contributed by atoms with E-state index in [0.29, 0.717) is 13.1 Å². The van der Waals surface area contributed by atoms with E-state index < -0.39 is 11.7 Å². The summed E-state index contributed by atoms with van der Waals surface area (Å²) < 4.78 is 44.0. The lowest BCUT2D eigenvalue weighted by Crippen LogP contribution is -2.48. The molecule has 1 aliphatic heterocycles. The number of alkyl halides is 3. The minimum Gasteiger partial charge on any atom is -0.398 e. The third kappa shape index (κ3) is 4.84. The molecule has 23 heavy (non-hydrogen) atoms. The van der Waals surface area contributed by atoms with Gasteiger partial charge in [0.2, 0.25) is 5.91 Å². The fraction of sp³-hybridized carbons (Fsp3) is 0.533. The van der Waals surface area contributed by atoms with E-state index in [2.05, 4.69) is 5.32 Å². The minimum atomic E-state index is -4.56. The number of amides is 1. The van der Waals surface area contributed by atoms with Crippen molar-refractivity contribution >= 4 is 17.3 Å². The number of carbonyl (C=O) groups is 1. The largest absolute Gasteiger partial charge is 0.418 e. The number of benzene rings is 1. The smallest absolute Gasteiger partial charge is 0.398 e. The molecule has 1 amide bonds. The monoisotopic (exact) mass is 331 g/mol. The third-order valence-corrected chi connectivity index (χ3v) is 3.50. The summed E-state index contributed by atoms with van der Waals surface area (Å²) in [7, 11) is 0. The maximum Gasteiger partial charge on any atom is 0.418 e. The molecule has 128 valence electrons. The first-order chi connectivity index (χ1) is 10.6. The second kappa shape index (κ2) is 6.76. The maximum atomic E-state index is 12.8. The fourth-order valence-corrected chi connectivity index (χ4v) is 2.70. The van der Waals surface area contributed by atoms with E-state index in [-0.39, 0.29) is 36.0 Å². The van der Waals surface area contributed by atoms with E-state index in [1.165, 1.54) is 6.07 Å². The number of rotatable bonds is 3. The van der Waals surface area contributed by atoms with E-state index in [4.69, 9.17) is 10.5 Å². The van der Waals surface area contributed by atoms with Crippen LogP contribution in [0.4, 0.5) is 24.5 Å². The molecule has 1 aromatic rings. The average Bonchev–Trinajstić information content (AvgIpc) is 2.38. The van der Waals surface area contributed by atoms with Gasteiger partial charge in [-0.25, -0.2) is 0 Å². The van der Waals surface area contributed by atoms with Gasteiger partial charge in [0.25, 0.3) is 0 Å². The van der Waals surface area contributed by atoms with Crippen LogP contribution in [0.25, 0.3) is 0 Å². The van der Waals surface area contributed by atoms with E-state index >= 15 is 0 Å². The van der Waals surface area contributed by atoms with Gasteiger partial charge in [0.1, 0.15) is 0 Å². The number of nitrogens with two attached hydrogens (primary N) is 1. The lowest BCUT2D eigenvalue weighted by atomic mass is 10.1. The first-order valence-electron chi connectivity index (χ1n) is 7.29. The second-order valence-electron chi connectivity index (χ2n) is 5.80. The molecule has 1 aromatic carbocycles. The number of halogens is 3. The predicted octanol–water partition coefficient (Wildman–Crippen LogP) is 2.34. The van der Waals surface area contributed by atoms with Gasteiger partial charge in [-0.3, -0.25) is 9.69 Å². The van der Waals surface area contributed by atoms with E-state index in [0.717, 1.165) is 12.1 Å². The van der Waals surface area contributed by atoms with Gasteiger partial charge in [0.15, 0.2) is 0 Å². The SMILES string of the molecule is CC1CN(CC(=O)Nc2ccc(N)c(C(F)(F)F)c2)CC(C)O1. The van der Waals surface area contributed by atoms with Crippen LogP contribution in [0, 0.1) is 0 Å². The zero-order valence-electron chi connectivity index (χ0n) is 13.0. The van der Waals surface area contributed by atoms with Gasteiger partial charge in [-0.15, -0.1) is 0 Å². The minimum absolute atomic E-state index is 0.0138. The van der Waals surface area contributed by atoms with Crippen molar-refractivity contribution in [3.05, 3.63) is 23.8 Å². The normalized spacial score (nSPS) is 22.8. The highest BCUT2D eigenvalue weighted by Crippen LogP contribution is 2.35. The van der Waals surface area contributed by atoms with Crippen LogP contribution in [0.15, 0.2) is 18.2 Å². The van der Waals surface area contributed by atoms with Crippen molar-refractivity contribution in [2.24, 2.45) is 0 Å². The van der Waals surface area contributed by atoms with Crippen molar-refractivity contribution in [2.45, 2.75) is 32.2 Å². The Morgan fingerprint density at radius 1 is 1.35 bits per heavy atom. The summed E-state index contributed by atoms with van der Waals surface area (Å²) in [4.78, 5) is 13.9. The second-order valence-corrected chi connectivity index (χ2v) is 5.80. The molecular weight excluding hydrogens is 311 g/mol. The van der Waals surface area contributed by atoms with Gasteiger partial charge in [-0.1, -0.05) is 0 Å². The quantitative estimate of drug-likeness (QED) is 0.834. The summed E-state index contributed by atoms with van der Waals surface area (Å²) in [6.45, 7) is 5.14. The number of carbonyl (C=O) groups excluding carboxylic acids is 1. The number of morpholine rings is 1. The van der Waals surface area contributed by atoms with Crippen molar-refractivity contribution in [1.29, 1.82) is 0 Å². The molecule has 0 bridgehead atoms. The summed E-state index contributed by atoms with van der Waals surface area (Å²) in [5, 5.41) is 2.48. The molecule has 0 radical (unpaired) electrons. The lowest BCUT2D eigenvalue weighted by Gasteiger charge is -2.34. The Bertz CT molecular complexity index is 568. The number of anilines is 2. The molecule has 0 aliphatic carbocycles. The summed E-state index contributed by atoms with van der Waals surface area (Å²) in [6, 6.07) is 3.34. The van der Waals surface area contributed by atoms with Crippen LogP contribution in [0.3, 0.4) is 0 Å². The van der Waals surface area contributed by atoms with Crippen molar-refractivity contribution in [2.75, 3.05) is 30.7 Å². The molecule has 0 saturated carbocycles. The number of nitrogens with zero attached hydrogens (tertiary/aromatic N) is 1. The third-order valence-electron chi connectivity index (χ3n) is 3.50. The van der Waals surface area contributed by atoms with Crippen LogP contribution >= 0.6 is 0 Å². The van der Waals surface area contributed by atoms with Gasteiger partial charge in [-0.05, 0) is 32.0 Å². The van der Waals surface area contributed by atoms with E-state index in [9.17, 15) is 18.0 Å². The molecule has 8 heteroatoms. The molecule has 5 nitrogen and oxygen atoms in total. The Morgan fingerprint density at radius 2 is 1.96 bits per heavy atom. The van der Waals surface area contributed by atoms with Gasteiger partial charge < -0.3 is 15.8 Å². The highest BCUT2D eigenvalue weighted by Gasteiger charge is 2.33. The number of hydrogen-bond donors (Lipinski definition) is 2. The van der Waals surface area contributed by atoms with Crippen molar-refractivity contribution < 1.29 is 22.7 Å². The summed E-state index contributed by atoms with van der Waals surface area (Å²) in [5.41, 5.74) is 4.08. The Kier molecular flexibility index (Phi) is 5.16. The average molecular weight is 331 g/mol. The van der Waals surface area contributed by atoms with Crippen LogP contribution in [-0.2, 0) is 15.7 Å². The van der Waals surface area contributed by atoms with Crippen LogP contribution in [0.5, 0.6) is 0 Å². The van der Waals surface area contributed by atoms with Gasteiger partial charge in [0.05, 0.1) is 24.3 Å².